The zero-order chi connectivity index (χ0) is 14.4. The molecule has 19 heavy (non-hydrogen) atoms. The van der Waals surface area contributed by atoms with Crippen LogP contribution in [0, 0.1) is 12.8 Å². The van der Waals surface area contributed by atoms with Crippen LogP contribution in [-0.2, 0) is 16.1 Å². The van der Waals surface area contributed by atoms with Crippen molar-refractivity contribution in [2.45, 2.75) is 33.4 Å². The second-order valence-corrected chi connectivity index (χ2v) is 4.43. The van der Waals surface area contributed by atoms with Gasteiger partial charge in [-0.3, -0.25) is 9.97 Å². The summed E-state index contributed by atoms with van der Waals surface area (Å²) in [5, 5.41) is 11.2. The largest absolute Gasteiger partial charge is 0.480 e. The van der Waals surface area contributed by atoms with Crippen molar-refractivity contribution in [2.75, 3.05) is 0 Å². The molecule has 0 aliphatic heterocycles. The zero-order valence-corrected chi connectivity index (χ0v) is 11.1. The second kappa shape index (κ2) is 6.67. The maximum Gasteiger partial charge on any atom is 0.408 e. The SMILES string of the molecule is Cc1cnc(COC(=O)NC(C(=O)O)C(C)C)cn1. The summed E-state index contributed by atoms with van der Waals surface area (Å²) < 4.78 is 4.88. The molecule has 0 radical (unpaired) electrons. The first-order valence-corrected chi connectivity index (χ1v) is 5.83. The Balaban J connectivity index is 2.47. The van der Waals surface area contributed by atoms with Crippen LogP contribution in [0.5, 0.6) is 0 Å². The van der Waals surface area contributed by atoms with Crippen LogP contribution in [0.2, 0.25) is 0 Å². The summed E-state index contributed by atoms with van der Waals surface area (Å²) in [7, 11) is 0. The molecule has 0 saturated carbocycles. The number of alkyl carbamates (subject to hydrolysis) is 1. The monoisotopic (exact) mass is 267 g/mol. The third kappa shape index (κ3) is 4.90. The van der Waals surface area contributed by atoms with Crippen molar-refractivity contribution in [1.29, 1.82) is 0 Å². The molecule has 1 amide bonds. The average molecular weight is 267 g/mol. The number of nitrogens with zero attached hydrogens (tertiary/aromatic N) is 2. The maximum absolute atomic E-state index is 11.5. The number of aromatic nitrogens is 2. The summed E-state index contributed by atoms with van der Waals surface area (Å²) in [4.78, 5) is 30.4. The molecular formula is C12H17N3O4. The van der Waals surface area contributed by atoms with Gasteiger partial charge >= 0.3 is 12.1 Å². The molecule has 0 fully saturated rings. The van der Waals surface area contributed by atoms with Gasteiger partial charge in [0.25, 0.3) is 0 Å². The molecule has 0 spiro atoms. The van der Waals surface area contributed by atoms with Crippen LogP contribution in [-0.4, -0.2) is 33.2 Å². The van der Waals surface area contributed by atoms with Crippen molar-refractivity contribution in [2.24, 2.45) is 5.92 Å². The van der Waals surface area contributed by atoms with Gasteiger partial charge in [-0.25, -0.2) is 9.59 Å². The smallest absolute Gasteiger partial charge is 0.408 e. The summed E-state index contributed by atoms with van der Waals surface area (Å²) in [6.45, 7) is 5.14. The highest BCUT2D eigenvalue weighted by Crippen LogP contribution is 2.03. The lowest BCUT2D eigenvalue weighted by Gasteiger charge is -2.17. The molecule has 0 bridgehead atoms. The Morgan fingerprint density at radius 1 is 1.37 bits per heavy atom. The Morgan fingerprint density at radius 2 is 2.05 bits per heavy atom. The first-order valence-electron chi connectivity index (χ1n) is 5.83. The van der Waals surface area contributed by atoms with E-state index in [1.807, 2.05) is 0 Å². The fraction of sp³-hybridized carbons (Fsp3) is 0.500. The first kappa shape index (κ1) is 14.9. The van der Waals surface area contributed by atoms with Crippen molar-refractivity contribution < 1.29 is 19.4 Å². The minimum absolute atomic E-state index is 0.0520. The zero-order valence-electron chi connectivity index (χ0n) is 11.1. The number of ether oxygens (including phenoxy) is 1. The van der Waals surface area contributed by atoms with Crippen LogP contribution in [0.4, 0.5) is 4.79 Å². The molecule has 0 aromatic carbocycles. The van der Waals surface area contributed by atoms with Gasteiger partial charge in [0.1, 0.15) is 12.6 Å². The Bertz CT molecular complexity index is 445. The lowest BCUT2D eigenvalue weighted by Crippen LogP contribution is -2.44. The van der Waals surface area contributed by atoms with Crippen molar-refractivity contribution in [1.82, 2.24) is 15.3 Å². The van der Waals surface area contributed by atoms with E-state index in [1.54, 1.807) is 27.0 Å². The van der Waals surface area contributed by atoms with Crippen molar-refractivity contribution in [3.05, 3.63) is 23.8 Å². The van der Waals surface area contributed by atoms with Gasteiger partial charge in [-0.1, -0.05) is 13.8 Å². The van der Waals surface area contributed by atoms with Crippen molar-refractivity contribution in [3.8, 4) is 0 Å². The van der Waals surface area contributed by atoms with Crippen molar-refractivity contribution in [3.63, 3.8) is 0 Å². The van der Waals surface area contributed by atoms with Crippen LogP contribution in [0.15, 0.2) is 12.4 Å². The minimum atomic E-state index is -1.10. The number of hydrogen-bond acceptors (Lipinski definition) is 5. The molecule has 2 N–H and O–H groups in total. The quantitative estimate of drug-likeness (QED) is 0.829. The predicted octanol–water partition coefficient (Wildman–Crippen LogP) is 1.12. The number of carbonyl (C=O) groups is 2. The van der Waals surface area contributed by atoms with Crippen LogP contribution in [0.3, 0.4) is 0 Å². The average Bonchev–Trinajstić information content (AvgIpc) is 2.34. The second-order valence-electron chi connectivity index (χ2n) is 4.43. The van der Waals surface area contributed by atoms with Crippen LogP contribution in [0.1, 0.15) is 25.2 Å². The van der Waals surface area contributed by atoms with Gasteiger partial charge in [0, 0.05) is 6.20 Å². The summed E-state index contributed by atoms with van der Waals surface area (Å²) >= 11 is 0. The minimum Gasteiger partial charge on any atom is -0.480 e. The van der Waals surface area contributed by atoms with Crippen LogP contribution in [0.25, 0.3) is 0 Å². The number of carboxylic acid groups (broad SMARTS) is 1. The Hall–Kier alpha value is -2.18. The summed E-state index contributed by atoms with van der Waals surface area (Å²) in [6, 6.07) is -0.975. The molecule has 1 heterocycles. The van der Waals surface area contributed by atoms with Gasteiger partial charge in [-0.15, -0.1) is 0 Å². The third-order valence-electron chi connectivity index (χ3n) is 2.39. The highest BCUT2D eigenvalue weighted by Gasteiger charge is 2.23. The molecule has 0 aliphatic carbocycles. The standard InChI is InChI=1S/C12H17N3O4/c1-7(2)10(11(16)17)15-12(18)19-6-9-5-13-8(3)4-14-9/h4-5,7,10H,6H2,1-3H3,(H,15,18)(H,16,17). The molecule has 1 rings (SSSR count). The summed E-state index contributed by atoms with van der Waals surface area (Å²) in [5.41, 5.74) is 1.26. The predicted molar refractivity (Wildman–Crippen MR) is 66.4 cm³/mol. The number of hydrogen-bond donors (Lipinski definition) is 2. The highest BCUT2D eigenvalue weighted by molar-refractivity contribution is 5.80. The molecule has 1 atom stereocenters. The van der Waals surface area contributed by atoms with Gasteiger partial charge in [0.05, 0.1) is 17.6 Å². The summed E-state index contributed by atoms with van der Waals surface area (Å²) in [5.74, 6) is -1.33. The molecule has 1 unspecified atom stereocenters. The molecule has 7 heteroatoms. The van der Waals surface area contributed by atoms with Gasteiger partial charge < -0.3 is 15.2 Å². The van der Waals surface area contributed by atoms with E-state index in [-0.39, 0.29) is 12.5 Å². The number of rotatable bonds is 5. The van der Waals surface area contributed by atoms with Crippen LogP contribution < -0.4 is 5.32 Å². The van der Waals surface area contributed by atoms with E-state index in [1.165, 1.54) is 6.20 Å². The van der Waals surface area contributed by atoms with Gasteiger partial charge in [-0.05, 0) is 12.8 Å². The number of carbonyl (C=O) groups excluding carboxylic acids is 1. The number of nitrogens with one attached hydrogen (secondary N) is 1. The van der Waals surface area contributed by atoms with E-state index in [0.29, 0.717) is 5.69 Å². The van der Waals surface area contributed by atoms with E-state index < -0.39 is 18.1 Å². The van der Waals surface area contributed by atoms with E-state index in [4.69, 9.17) is 9.84 Å². The molecule has 0 saturated heterocycles. The number of amides is 1. The Kier molecular flexibility index (Phi) is 5.23. The van der Waals surface area contributed by atoms with Crippen molar-refractivity contribution >= 4 is 12.1 Å². The molecular weight excluding hydrogens is 250 g/mol. The highest BCUT2D eigenvalue weighted by atomic mass is 16.5. The van der Waals surface area contributed by atoms with E-state index in [2.05, 4.69) is 15.3 Å². The molecule has 0 aliphatic rings. The molecule has 104 valence electrons. The number of aliphatic carboxylic acids is 1. The van der Waals surface area contributed by atoms with Gasteiger partial charge in [0.2, 0.25) is 0 Å². The molecule has 1 aromatic heterocycles. The van der Waals surface area contributed by atoms with Crippen LogP contribution >= 0.6 is 0 Å². The topological polar surface area (TPSA) is 101 Å². The van der Waals surface area contributed by atoms with Gasteiger partial charge in [0.15, 0.2) is 0 Å². The molecule has 1 aromatic rings. The van der Waals surface area contributed by atoms with E-state index in [9.17, 15) is 9.59 Å². The van der Waals surface area contributed by atoms with Gasteiger partial charge in [-0.2, -0.15) is 0 Å². The molecule has 7 nitrogen and oxygen atoms in total. The lowest BCUT2D eigenvalue weighted by molar-refractivity contribution is -0.140. The number of aryl methyl sites for hydroxylation is 1. The Morgan fingerprint density at radius 3 is 2.53 bits per heavy atom. The number of carboxylic acids is 1. The first-order chi connectivity index (χ1) is 8.90. The van der Waals surface area contributed by atoms with E-state index in [0.717, 1.165) is 5.69 Å². The normalized spacial score (nSPS) is 12.0. The fourth-order valence-electron chi connectivity index (χ4n) is 1.32. The lowest BCUT2D eigenvalue weighted by atomic mass is 10.1. The third-order valence-corrected chi connectivity index (χ3v) is 2.39. The summed E-state index contributed by atoms with van der Waals surface area (Å²) in [6.07, 6.45) is 2.27. The fourth-order valence-corrected chi connectivity index (χ4v) is 1.32. The van der Waals surface area contributed by atoms with E-state index >= 15 is 0 Å². The Labute approximate surface area is 111 Å². The maximum atomic E-state index is 11.5.